The maximum Gasteiger partial charge on any atom is 0.161 e. The number of methoxy groups -OCH3 is 2. The van der Waals surface area contributed by atoms with E-state index in [1.165, 1.54) is 0 Å². The summed E-state index contributed by atoms with van der Waals surface area (Å²) in [4.78, 5) is 4.28. The van der Waals surface area contributed by atoms with Crippen molar-refractivity contribution in [3.05, 3.63) is 42.0 Å². The van der Waals surface area contributed by atoms with Crippen molar-refractivity contribution < 1.29 is 19.3 Å². The molecule has 2 aromatic carbocycles. The van der Waals surface area contributed by atoms with Gasteiger partial charge in [-0.3, -0.25) is 4.99 Å². The SMILES string of the molecule is CCOc1ccc(N=Cc2ccc(OC)c(OC)c2)c(O)c1. The van der Waals surface area contributed by atoms with Gasteiger partial charge in [0.25, 0.3) is 0 Å². The van der Waals surface area contributed by atoms with Gasteiger partial charge in [-0.15, -0.1) is 0 Å². The molecule has 0 saturated carbocycles. The molecule has 0 fully saturated rings. The Hall–Kier alpha value is -2.69. The van der Waals surface area contributed by atoms with Crippen LogP contribution in [0.25, 0.3) is 0 Å². The first-order chi connectivity index (χ1) is 10.7. The third-order valence-electron chi connectivity index (χ3n) is 3.02. The molecule has 0 bridgehead atoms. The molecular weight excluding hydrogens is 282 g/mol. The van der Waals surface area contributed by atoms with Gasteiger partial charge in [-0.1, -0.05) is 0 Å². The van der Waals surface area contributed by atoms with Crippen LogP contribution in [0.5, 0.6) is 23.0 Å². The van der Waals surface area contributed by atoms with E-state index in [1.54, 1.807) is 44.7 Å². The second-order valence-corrected chi connectivity index (χ2v) is 4.46. The van der Waals surface area contributed by atoms with Crippen molar-refractivity contribution in [2.45, 2.75) is 6.92 Å². The lowest BCUT2D eigenvalue weighted by Crippen LogP contribution is -1.92. The zero-order valence-electron chi connectivity index (χ0n) is 12.9. The molecule has 0 atom stereocenters. The van der Waals surface area contributed by atoms with Gasteiger partial charge in [-0.25, -0.2) is 0 Å². The molecule has 0 radical (unpaired) electrons. The molecule has 0 saturated heterocycles. The molecule has 0 amide bonds. The molecule has 0 aromatic heterocycles. The van der Waals surface area contributed by atoms with Crippen LogP contribution < -0.4 is 14.2 Å². The number of aliphatic imine (C=N–C) groups is 1. The average molecular weight is 301 g/mol. The molecule has 5 nitrogen and oxygen atoms in total. The number of rotatable bonds is 6. The largest absolute Gasteiger partial charge is 0.506 e. The lowest BCUT2D eigenvalue weighted by molar-refractivity contribution is 0.338. The van der Waals surface area contributed by atoms with Gasteiger partial charge < -0.3 is 19.3 Å². The minimum absolute atomic E-state index is 0.0719. The minimum Gasteiger partial charge on any atom is -0.506 e. The van der Waals surface area contributed by atoms with Crippen molar-refractivity contribution in [1.82, 2.24) is 0 Å². The molecule has 0 spiro atoms. The van der Waals surface area contributed by atoms with Gasteiger partial charge in [-0.2, -0.15) is 0 Å². The van der Waals surface area contributed by atoms with Crippen molar-refractivity contribution in [1.29, 1.82) is 0 Å². The summed E-state index contributed by atoms with van der Waals surface area (Å²) in [6.45, 7) is 2.44. The molecule has 22 heavy (non-hydrogen) atoms. The van der Waals surface area contributed by atoms with E-state index in [2.05, 4.69) is 4.99 Å². The first-order valence-electron chi connectivity index (χ1n) is 6.89. The molecule has 1 N–H and O–H groups in total. The molecular formula is C17H19NO4. The van der Waals surface area contributed by atoms with E-state index in [0.717, 1.165) is 5.56 Å². The normalized spacial score (nSPS) is 10.7. The number of phenolic OH excluding ortho intramolecular Hbond substituents is 1. The predicted molar refractivity (Wildman–Crippen MR) is 86.1 cm³/mol. The summed E-state index contributed by atoms with van der Waals surface area (Å²) in [6.07, 6.45) is 1.65. The maximum absolute atomic E-state index is 9.94. The van der Waals surface area contributed by atoms with Crippen LogP contribution in [0.1, 0.15) is 12.5 Å². The lowest BCUT2D eigenvalue weighted by atomic mass is 10.2. The quantitative estimate of drug-likeness (QED) is 0.829. The second-order valence-electron chi connectivity index (χ2n) is 4.46. The Balaban J connectivity index is 2.21. The number of hydrogen-bond acceptors (Lipinski definition) is 5. The van der Waals surface area contributed by atoms with Gasteiger partial charge in [0.05, 0.1) is 20.8 Å². The lowest BCUT2D eigenvalue weighted by Gasteiger charge is -2.07. The monoisotopic (exact) mass is 301 g/mol. The van der Waals surface area contributed by atoms with Crippen LogP contribution in [0.4, 0.5) is 5.69 Å². The summed E-state index contributed by atoms with van der Waals surface area (Å²) in [5.41, 5.74) is 1.31. The van der Waals surface area contributed by atoms with E-state index in [4.69, 9.17) is 14.2 Å². The first kappa shape index (κ1) is 15.7. The fraction of sp³-hybridized carbons (Fsp3) is 0.235. The number of hydrogen-bond donors (Lipinski definition) is 1. The van der Waals surface area contributed by atoms with Crippen molar-refractivity contribution >= 4 is 11.9 Å². The third kappa shape index (κ3) is 3.69. The summed E-state index contributed by atoms with van der Waals surface area (Å²) in [7, 11) is 3.17. The Labute approximate surface area is 129 Å². The topological polar surface area (TPSA) is 60.3 Å². The van der Waals surface area contributed by atoms with E-state index in [9.17, 15) is 5.11 Å². The van der Waals surface area contributed by atoms with Gasteiger partial charge in [0.2, 0.25) is 0 Å². The Bertz CT molecular complexity index is 668. The van der Waals surface area contributed by atoms with E-state index >= 15 is 0 Å². The molecule has 0 aliphatic rings. The highest BCUT2D eigenvalue weighted by atomic mass is 16.5. The number of benzene rings is 2. The maximum atomic E-state index is 9.94. The van der Waals surface area contributed by atoms with E-state index < -0.39 is 0 Å². The number of aromatic hydroxyl groups is 1. The first-order valence-corrected chi connectivity index (χ1v) is 6.89. The van der Waals surface area contributed by atoms with Crippen LogP contribution in [-0.2, 0) is 0 Å². The minimum atomic E-state index is 0.0719. The molecule has 0 aliphatic heterocycles. The molecule has 0 unspecified atom stereocenters. The fourth-order valence-electron chi connectivity index (χ4n) is 1.95. The highest BCUT2D eigenvalue weighted by molar-refractivity contribution is 5.83. The zero-order valence-corrected chi connectivity index (χ0v) is 12.9. The van der Waals surface area contributed by atoms with Crippen LogP contribution in [-0.4, -0.2) is 32.1 Å². The van der Waals surface area contributed by atoms with Crippen molar-refractivity contribution in [3.63, 3.8) is 0 Å². The summed E-state index contributed by atoms with van der Waals surface area (Å²) < 4.78 is 15.7. The molecule has 5 heteroatoms. The van der Waals surface area contributed by atoms with Gasteiger partial charge in [0.15, 0.2) is 11.5 Å². The summed E-state index contributed by atoms with van der Waals surface area (Å²) in [6, 6.07) is 10.5. The highest BCUT2D eigenvalue weighted by Gasteiger charge is 2.04. The number of nitrogens with zero attached hydrogens (tertiary/aromatic N) is 1. The van der Waals surface area contributed by atoms with Crippen LogP contribution in [0.2, 0.25) is 0 Å². The molecule has 116 valence electrons. The van der Waals surface area contributed by atoms with Gasteiger partial charge >= 0.3 is 0 Å². The van der Waals surface area contributed by atoms with Crippen LogP contribution in [0.15, 0.2) is 41.4 Å². The molecule has 2 aromatic rings. The molecule has 2 rings (SSSR count). The zero-order chi connectivity index (χ0) is 15.9. The van der Waals surface area contributed by atoms with Gasteiger partial charge in [0.1, 0.15) is 17.2 Å². The molecule has 0 aliphatic carbocycles. The van der Waals surface area contributed by atoms with Gasteiger partial charge in [0, 0.05) is 12.3 Å². The van der Waals surface area contributed by atoms with Crippen LogP contribution in [0.3, 0.4) is 0 Å². The van der Waals surface area contributed by atoms with Crippen molar-refractivity contribution in [3.8, 4) is 23.0 Å². The second kappa shape index (κ2) is 7.36. The highest BCUT2D eigenvalue weighted by Crippen LogP contribution is 2.31. The summed E-state index contributed by atoms with van der Waals surface area (Å²) >= 11 is 0. The smallest absolute Gasteiger partial charge is 0.161 e. The van der Waals surface area contributed by atoms with Crippen LogP contribution >= 0.6 is 0 Å². The van der Waals surface area contributed by atoms with Crippen molar-refractivity contribution in [2.24, 2.45) is 4.99 Å². The Kier molecular flexibility index (Phi) is 5.25. The summed E-state index contributed by atoms with van der Waals surface area (Å²) in [5.74, 6) is 1.97. The fourth-order valence-corrected chi connectivity index (χ4v) is 1.95. The van der Waals surface area contributed by atoms with Crippen molar-refractivity contribution in [2.75, 3.05) is 20.8 Å². The standard InChI is InChI=1S/C17H19NO4/c1-4-22-13-6-7-14(15(19)10-13)18-11-12-5-8-16(20-2)17(9-12)21-3/h5-11,19H,4H2,1-3H3. The Morgan fingerprint density at radius 2 is 1.82 bits per heavy atom. The van der Waals surface area contributed by atoms with E-state index in [-0.39, 0.29) is 5.75 Å². The molecule has 0 heterocycles. The van der Waals surface area contributed by atoms with E-state index in [1.807, 2.05) is 19.1 Å². The van der Waals surface area contributed by atoms with Crippen LogP contribution in [0, 0.1) is 0 Å². The average Bonchev–Trinajstić information content (AvgIpc) is 2.54. The predicted octanol–water partition coefficient (Wildman–Crippen LogP) is 3.56. The van der Waals surface area contributed by atoms with Gasteiger partial charge in [-0.05, 0) is 42.8 Å². The number of phenols is 1. The Morgan fingerprint density at radius 3 is 2.45 bits per heavy atom. The van der Waals surface area contributed by atoms with E-state index in [0.29, 0.717) is 29.5 Å². The Morgan fingerprint density at radius 1 is 1.05 bits per heavy atom. The third-order valence-corrected chi connectivity index (χ3v) is 3.02. The number of ether oxygens (including phenoxy) is 3. The summed E-state index contributed by atoms with van der Waals surface area (Å²) in [5, 5.41) is 9.94.